The first-order valence-corrected chi connectivity index (χ1v) is 8.48. The van der Waals surface area contributed by atoms with Gasteiger partial charge in [0.15, 0.2) is 15.6 Å². The Balaban J connectivity index is 2.68. The lowest BCUT2D eigenvalue weighted by molar-refractivity contribution is 0.108. The van der Waals surface area contributed by atoms with Crippen LogP contribution in [0.1, 0.15) is 35.8 Å². The van der Waals surface area contributed by atoms with E-state index in [1.54, 1.807) is 6.07 Å². The van der Waals surface area contributed by atoms with E-state index in [-0.39, 0.29) is 21.9 Å². The summed E-state index contributed by atoms with van der Waals surface area (Å²) in [5.41, 5.74) is 1.18. The lowest BCUT2D eigenvalue weighted by Crippen LogP contribution is -2.01. The van der Waals surface area contributed by atoms with Crippen LogP contribution in [0, 0.1) is 0 Å². The SMILES string of the molecule is CC(C)c1cc(-c2cc(C(=O)Cl)ccc2S(C)(=O)=O)on1. The molecule has 0 N–H and O–H groups in total. The minimum absolute atomic E-state index is 0.0654. The van der Waals surface area contributed by atoms with Crippen LogP contribution in [-0.4, -0.2) is 25.1 Å². The largest absolute Gasteiger partial charge is 0.356 e. The Morgan fingerprint density at radius 2 is 1.95 bits per heavy atom. The van der Waals surface area contributed by atoms with Gasteiger partial charge in [-0.2, -0.15) is 0 Å². The quantitative estimate of drug-likeness (QED) is 0.805. The highest BCUT2D eigenvalue weighted by Gasteiger charge is 2.20. The summed E-state index contributed by atoms with van der Waals surface area (Å²) < 4.78 is 29.0. The normalized spacial score (nSPS) is 11.9. The predicted octanol–water partition coefficient (Wildman–Crippen LogP) is 3.25. The van der Waals surface area contributed by atoms with E-state index < -0.39 is 15.1 Å². The minimum Gasteiger partial charge on any atom is -0.356 e. The van der Waals surface area contributed by atoms with Gasteiger partial charge in [0, 0.05) is 23.4 Å². The fraction of sp³-hybridized carbons (Fsp3) is 0.286. The van der Waals surface area contributed by atoms with Crippen molar-refractivity contribution in [3.63, 3.8) is 0 Å². The van der Waals surface area contributed by atoms with Crippen LogP contribution >= 0.6 is 11.6 Å². The first-order chi connectivity index (χ1) is 9.70. The van der Waals surface area contributed by atoms with Crippen LogP contribution in [0.4, 0.5) is 0 Å². The average Bonchev–Trinajstić information content (AvgIpc) is 2.86. The standard InChI is InChI=1S/C14H14ClNO4S/c1-8(2)11-7-12(20-16-11)10-6-9(14(15)17)4-5-13(10)21(3,18)19/h4-8H,1-3H3. The topological polar surface area (TPSA) is 77.2 Å². The molecule has 1 aromatic heterocycles. The van der Waals surface area contributed by atoms with Crippen molar-refractivity contribution in [2.75, 3.05) is 6.26 Å². The van der Waals surface area contributed by atoms with Crippen molar-refractivity contribution in [3.05, 3.63) is 35.5 Å². The van der Waals surface area contributed by atoms with Gasteiger partial charge in [0.1, 0.15) is 0 Å². The smallest absolute Gasteiger partial charge is 0.252 e. The summed E-state index contributed by atoms with van der Waals surface area (Å²) in [6, 6.07) is 5.78. The van der Waals surface area contributed by atoms with Gasteiger partial charge in [0.2, 0.25) is 0 Å². The maximum Gasteiger partial charge on any atom is 0.252 e. The Labute approximate surface area is 127 Å². The molecule has 1 aromatic carbocycles. The highest BCUT2D eigenvalue weighted by molar-refractivity contribution is 7.90. The molecule has 2 aromatic rings. The second kappa shape index (κ2) is 5.61. The van der Waals surface area contributed by atoms with Crippen molar-refractivity contribution < 1.29 is 17.7 Å². The van der Waals surface area contributed by atoms with Gasteiger partial charge in [-0.1, -0.05) is 19.0 Å². The molecule has 1 heterocycles. The van der Waals surface area contributed by atoms with Crippen molar-refractivity contribution in [1.82, 2.24) is 5.16 Å². The molecule has 0 saturated carbocycles. The molecule has 0 aliphatic rings. The van der Waals surface area contributed by atoms with Gasteiger partial charge >= 0.3 is 0 Å². The van der Waals surface area contributed by atoms with Gasteiger partial charge in [-0.25, -0.2) is 8.42 Å². The maximum atomic E-state index is 11.9. The third kappa shape index (κ3) is 3.33. The summed E-state index contributed by atoms with van der Waals surface area (Å²) in [6.07, 6.45) is 1.09. The molecule has 0 unspecified atom stereocenters. The van der Waals surface area contributed by atoms with Gasteiger partial charge in [-0.15, -0.1) is 0 Å². The van der Waals surface area contributed by atoms with Crippen LogP contribution in [-0.2, 0) is 9.84 Å². The van der Waals surface area contributed by atoms with E-state index in [0.717, 1.165) is 6.26 Å². The number of nitrogens with zero attached hydrogens (tertiary/aromatic N) is 1. The van der Waals surface area contributed by atoms with Crippen LogP contribution in [0.5, 0.6) is 0 Å². The lowest BCUT2D eigenvalue weighted by atomic mass is 10.1. The zero-order chi connectivity index (χ0) is 15.8. The lowest BCUT2D eigenvalue weighted by Gasteiger charge is -2.06. The number of halogens is 1. The summed E-state index contributed by atoms with van der Waals surface area (Å²) >= 11 is 5.45. The van der Waals surface area contributed by atoms with Crippen molar-refractivity contribution in [3.8, 4) is 11.3 Å². The monoisotopic (exact) mass is 327 g/mol. The summed E-state index contributed by atoms with van der Waals surface area (Å²) in [7, 11) is -3.48. The zero-order valence-corrected chi connectivity index (χ0v) is 13.3. The van der Waals surface area contributed by atoms with Crippen molar-refractivity contribution in [2.24, 2.45) is 0 Å². The van der Waals surface area contributed by atoms with E-state index in [1.807, 2.05) is 13.8 Å². The van der Waals surface area contributed by atoms with Crippen LogP contribution in [0.3, 0.4) is 0 Å². The molecule has 112 valence electrons. The molecule has 0 aliphatic heterocycles. The van der Waals surface area contributed by atoms with Crippen LogP contribution in [0.2, 0.25) is 0 Å². The molecular formula is C14H14ClNO4S. The van der Waals surface area contributed by atoms with E-state index in [9.17, 15) is 13.2 Å². The average molecular weight is 328 g/mol. The van der Waals surface area contributed by atoms with Crippen molar-refractivity contribution in [1.29, 1.82) is 0 Å². The molecule has 2 rings (SSSR count). The Bertz CT molecular complexity index is 793. The number of carbonyl (C=O) groups is 1. The second-order valence-electron chi connectivity index (χ2n) is 5.03. The van der Waals surface area contributed by atoms with Crippen molar-refractivity contribution in [2.45, 2.75) is 24.7 Å². The molecule has 0 amide bonds. The number of hydrogen-bond donors (Lipinski definition) is 0. The molecule has 0 radical (unpaired) electrons. The van der Waals surface area contributed by atoms with Gasteiger partial charge in [-0.3, -0.25) is 4.79 Å². The Morgan fingerprint density at radius 3 is 2.43 bits per heavy atom. The number of hydrogen-bond acceptors (Lipinski definition) is 5. The van der Waals surface area contributed by atoms with Crippen LogP contribution < -0.4 is 0 Å². The molecule has 7 heteroatoms. The Hall–Kier alpha value is -1.66. The minimum atomic E-state index is -3.48. The third-order valence-corrected chi connectivity index (χ3v) is 4.36. The van der Waals surface area contributed by atoms with Gasteiger partial charge < -0.3 is 4.52 Å². The molecule has 0 fully saturated rings. The van der Waals surface area contributed by atoms with Gasteiger partial charge in [0.25, 0.3) is 5.24 Å². The number of rotatable bonds is 4. The summed E-state index contributed by atoms with van der Waals surface area (Å²) in [5.74, 6) is 0.431. The van der Waals surface area contributed by atoms with E-state index in [4.69, 9.17) is 16.1 Å². The number of sulfone groups is 1. The van der Waals surface area contributed by atoms with E-state index in [1.165, 1.54) is 18.2 Å². The number of benzene rings is 1. The fourth-order valence-electron chi connectivity index (χ4n) is 1.86. The van der Waals surface area contributed by atoms with Gasteiger partial charge in [0.05, 0.1) is 10.6 Å². The molecule has 0 atom stereocenters. The second-order valence-corrected chi connectivity index (χ2v) is 7.35. The van der Waals surface area contributed by atoms with E-state index in [2.05, 4.69) is 5.16 Å². The first kappa shape index (κ1) is 15.7. The van der Waals surface area contributed by atoms with Crippen LogP contribution in [0.15, 0.2) is 33.7 Å². The van der Waals surface area contributed by atoms with Crippen LogP contribution in [0.25, 0.3) is 11.3 Å². The number of carbonyl (C=O) groups excluding carboxylic acids is 1. The molecule has 0 spiro atoms. The Kier molecular flexibility index (Phi) is 4.20. The summed E-state index contributed by atoms with van der Waals surface area (Å²) in [4.78, 5) is 11.3. The molecule has 0 bridgehead atoms. The first-order valence-electron chi connectivity index (χ1n) is 6.21. The molecule has 0 saturated heterocycles. The number of aromatic nitrogens is 1. The predicted molar refractivity (Wildman–Crippen MR) is 79.3 cm³/mol. The summed E-state index contributed by atoms with van der Waals surface area (Å²) in [5, 5.41) is 3.24. The highest BCUT2D eigenvalue weighted by atomic mass is 35.5. The summed E-state index contributed by atoms with van der Waals surface area (Å²) in [6.45, 7) is 3.88. The molecule has 21 heavy (non-hydrogen) atoms. The molecule has 0 aliphatic carbocycles. The highest BCUT2D eigenvalue weighted by Crippen LogP contribution is 2.31. The molecule has 5 nitrogen and oxygen atoms in total. The third-order valence-electron chi connectivity index (χ3n) is 2.99. The van der Waals surface area contributed by atoms with E-state index >= 15 is 0 Å². The fourth-order valence-corrected chi connectivity index (χ4v) is 2.85. The van der Waals surface area contributed by atoms with E-state index in [0.29, 0.717) is 11.5 Å². The maximum absolute atomic E-state index is 11.9. The molecular weight excluding hydrogens is 314 g/mol. The van der Waals surface area contributed by atoms with Gasteiger partial charge in [-0.05, 0) is 35.7 Å². The Morgan fingerprint density at radius 1 is 1.29 bits per heavy atom. The van der Waals surface area contributed by atoms with Crippen molar-refractivity contribution >= 4 is 26.7 Å². The zero-order valence-electron chi connectivity index (χ0n) is 11.8.